The molecule has 1 aromatic carbocycles. The Kier molecular flexibility index (Phi) is 8.84. The Labute approximate surface area is 192 Å². The molecule has 2 heterocycles. The summed E-state index contributed by atoms with van der Waals surface area (Å²) >= 11 is 5.90. The molecule has 0 unspecified atom stereocenters. The summed E-state index contributed by atoms with van der Waals surface area (Å²) in [5.41, 5.74) is 0.588. The number of methoxy groups -OCH3 is 1. The smallest absolute Gasteiger partial charge is 0.157 e. The second-order valence-corrected chi connectivity index (χ2v) is 7.67. The first-order valence-electron chi connectivity index (χ1n) is 10.4. The monoisotopic (exact) mass is 462 g/mol. The third-order valence-corrected chi connectivity index (χ3v) is 5.35. The van der Waals surface area contributed by atoms with E-state index < -0.39 is 5.82 Å². The second kappa shape index (κ2) is 11.8. The third kappa shape index (κ3) is 6.66. The molecule has 1 aliphatic heterocycles. The molecule has 1 N–H and O–H groups in total. The van der Waals surface area contributed by atoms with Crippen LogP contribution in [-0.2, 0) is 14.2 Å². The van der Waals surface area contributed by atoms with Gasteiger partial charge < -0.3 is 19.5 Å². The van der Waals surface area contributed by atoms with Crippen molar-refractivity contribution >= 4 is 35.8 Å². The Morgan fingerprint density at radius 1 is 1.34 bits per heavy atom. The Bertz CT molecular complexity index is 1060. The molecule has 1 saturated heterocycles. The first-order chi connectivity index (χ1) is 15.5. The number of ether oxygens (including phenoxy) is 3. The molecular formula is C23H28ClFN4O3. The zero-order valence-electron chi connectivity index (χ0n) is 18.4. The molecule has 9 heteroatoms. The lowest BCUT2D eigenvalue weighted by Crippen LogP contribution is -2.37. The highest BCUT2D eigenvalue weighted by atomic mass is 35.5. The molecule has 0 amide bonds. The number of rotatable bonds is 9. The Morgan fingerprint density at radius 2 is 2.12 bits per heavy atom. The van der Waals surface area contributed by atoms with Crippen molar-refractivity contribution in [3.05, 3.63) is 57.5 Å². The zero-order chi connectivity index (χ0) is 22.9. The summed E-state index contributed by atoms with van der Waals surface area (Å²) in [5.74, 6) is 1.19. The van der Waals surface area contributed by atoms with E-state index >= 15 is 0 Å². The van der Waals surface area contributed by atoms with Gasteiger partial charge in [-0.2, -0.15) is 0 Å². The van der Waals surface area contributed by atoms with E-state index in [1.165, 1.54) is 18.5 Å². The van der Waals surface area contributed by atoms with E-state index in [9.17, 15) is 4.39 Å². The summed E-state index contributed by atoms with van der Waals surface area (Å²) in [5, 5.41) is 4.30. The summed E-state index contributed by atoms with van der Waals surface area (Å²) in [6.45, 7) is 10.7. The molecule has 2 aromatic rings. The predicted octanol–water partition coefficient (Wildman–Crippen LogP) is 2.82. The maximum absolute atomic E-state index is 13.5. The van der Waals surface area contributed by atoms with Crippen molar-refractivity contribution in [2.45, 2.75) is 13.3 Å². The fraction of sp³-hybridized carbons (Fsp3) is 0.391. The van der Waals surface area contributed by atoms with Crippen LogP contribution < -0.4 is 15.9 Å². The van der Waals surface area contributed by atoms with Gasteiger partial charge in [0.25, 0.3) is 0 Å². The van der Waals surface area contributed by atoms with E-state index in [4.69, 9.17) is 25.8 Å². The Morgan fingerprint density at radius 3 is 2.84 bits per heavy atom. The number of halogens is 2. The molecule has 1 fully saturated rings. The number of anilines is 2. The van der Waals surface area contributed by atoms with Gasteiger partial charge in [0.1, 0.15) is 23.7 Å². The molecule has 7 nitrogen and oxygen atoms in total. The van der Waals surface area contributed by atoms with Crippen LogP contribution in [0.1, 0.15) is 13.3 Å². The number of hydrogen-bond acceptors (Lipinski definition) is 7. The maximum Gasteiger partial charge on any atom is 0.157 e. The summed E-state index contributed by atoms with van der Waals surface area (Å²) < 4.78 is 30.3. The van der Waals surface area contributed by atoms with Crippen LogP contribution in [0.3, 0.4) is 0 Å². The minimum Gasteiger partial charge on any atom is -0.498 e. The van der Waals surface area contributed by atoms with Gasteiger partial charge in [0.2, 0.25) is 0 Å². The van der Waals surface area contributed by atoms with E-state index in [2.05, 4.69) is 26.8 Å². The van der Waals surface area contributed by atoms with Gasteiger partial charge in [-0.15, -0.1) is 0 Å². The Balaban J connectivity index is 1.79. The van der Waals surface area contributed by atoms with Crippen LogP contribution in [0.5, 0.6) is 0 Å². The molecule has 0 spiro atoms. The molecule has 1 aromatic heterocycles. The van der Waals surface area contributed by atoms with E-state index in [0.29, 0.717) is 40.2 Å². The number of morpholine rings is 1. The lowest BCUT2D eigenvalue weighted by molar-refractivity contribution is 0.0344. The van der Waals surface area contributed by atoms with Gasteiger partial charge in [0, 0.05) is 30.5 Å². The number of aromatic nitrogens is 2. The van der Waals surface area contributed by atoms with Crippen molar-refractivity contribution in [3.8, 4) is 0 Å². The van der Waals surface area contributed by atoms with Crippen molar-refractivity contribution in [2.24, 2.45) is 0 Å². The quantitative estimate of drug-likeness (QED) is 0.454. The molecule has 32 heavy (non-hydrogen) atoms. The average molecular weight is 463 g/mol. The van der Waals surface area contributed by atoms with Gasteiger partial charge in [0.05, 0.1) is 37.3 Å². The van der Waals surface area contributed by atoms with Crippen LogP contribution in [0.25, 0.3) is 12.7 Å². The van der Waals surface area contributed by atoms with E-state index in [1.807, 2.05) is 6.92 Å². The molecule has 1 aliphatic rings. The van der Waals surface area contributed by atoms with E-state index in [1.54, 1.807) is 19.3 Å². The van der Waals surface area contributed by atoms with Gasteiger partial charge in [-0.05, 0) is 37.6 Å². The first-order valence-corrected chi connectivity index (χ1v) is 10.8. The van der Waals surface area contributed by atoms with Crippen molar-refractivity contribution < 1.29 is 18.6 Å². The van der Waals surface area contributed by atoms with Crippen LogP contribution in [-0.4, -0.2) is 61.4 Å². The maximum atomic E-state index is 13.5. The SMILES string of the molecule is C=c1ncnc(Nc2ccc(F)c(Cl)c2)/c1=C/C(OCCCN1CCOCC1)=C(\C)OC. The van der Waals surface area contributed by atoms with Crippen LogP contribution >= 0.6 is 11.6 Å². The summed E-state index contributed by atoms with van der Waals surface area (Å²) in [7, 11) is 1.59. The van der Waals surface area contributed by atoms with Gasteiger partial charge in [-0.3, -0.25) is 4.90 Å². The minimum atomic E-state index is -0.490. The highest BCUT2D eigenvalue weighted by molar-refractivity contribution is 6.31. The molecule has 3 rings (SSSR count). The fourth-order valence-corrected chi connectivity index (χ4v) is 3.35. The van der Waals surface area contributed by atoms with Crippen LogP contribution in [0.2, 0.25) is 5.02 Å². The minimum absolute atomic E-state index is 0.0175. The highest BCUT2D eigenvalue weighted by Gasteiger charge is 2.11. The van der Waals surface area contributed by atoms with Crippen molar-refractivity contribution in [1.82, 2.24) is 14.9 Å². The standard InChI is InChI=1S/C23H28ClFN4O3/c1-16-19(23(27-15-26-16)28-18-5-6-21(25)20(24)13-18)14-22(17(2)30-3)32-10-4-7-29-8-11-31-12-9-29/h5-6,13-15H,1,4,7-12H2,2-3H3,(H,26,27,28)/b19-14+,22-17-. The summed E-state index contributed by atoms with van der Waals surface area (Å²) in [6, 6.07) is 4.36. The van der Waals surface area contributed by atoms with Crippen molar-refractivity contribution in [3.63, 3.8) is 0 Å². The largest absolute Gasteiger partial charge is 0.498 e. The molecule has 172 valence electrons. The van der Waals surface area contributed by atoms with Gasteiger partial charge in [-0.25, -0.2) is 14.4 Å². The highest BCUT2D eigenvalue weighted by Crippen LogP contribution is 2.21. The third-order valence-electron chi connectivity index (χ3n) is 5.06. The van der Waals surface area contributed by atoms with Gasteiger partial charge in [-0.1, -0.05) is 18.2 Å². The van der Waals surface area contributed by atoms with Crippen LogP contribution in [0.15, 0.2) is 36.0 Å². The number of nitrogens with one attached hydrogen (secondary N) is 1. The lowest BCUT2D eigenvalue weighted by Gasteiger charge is -2.26. The number of hydrogen-bond donors (Lipinski definition) is 1. The molecular weight excluding hydrogens is 435 g/mol. The van der Waals surface area contributed by atoms with Gasteiger partial charge >= 0.3 is 0 Å². The van der Waals surface area contributed by atoms with Crippen LogP contribution in [0, 0.1) is 5.82 Å². The molecule has 0 bridgehead atoms. The van der Waals surface area contributed by atoms with E-state index in [0.717, 1.165) is 39.3 Å². The van der Waals surface area contributed by atoms with Crippen molar-refractivity contribution in [1.29, 1.82) is 0 Å². The molecule has 0 atom stereocenters. The molecule has 0 aliphatic carbocycles. The second-order valence-electron chi connectivity index (χ2n) is 7.26. The topological polar surface area (TPSA) is 68.7 Å². The lowest BCUT2D eigenvalue weighted by atomic mass is 10.2. The number of nitrogens with zero attached hydrogens (tertiary/aromatic N) is 3. The summed E-state index contributed by atoms with van der Waals surface area (Å²) in [6.07, 6.45) is 4.07. The van der Waals surface area contributed by atoms with Crippen LogP contribution in [0.4, 0.5) is 15.9 Å². The Hall–Kier alpha value is -2.68. The number of benzene rings is 1. The molecule has 0 saturated carbocycles. The predicted molar refractivity (Wildman–Crippen MR) is 123 cm³/mol. The normalized spacial score (nSPS) is 15.9. The fourth-order valence-electron chi connectivity index (χ4n) is 3.17. The van der Waals surface area contributed by atoms with Crippen molar-refractivity contribution in [2.75, 3.05) is 51.9 Å². The zero-order valence-corrected chi connectivity index (χ0v) is 19.1. The molecule has 0 radical (unpaired) electrons. The number of allylic oxidation sites excluding steroid dienone is 2. The first kappa shape index (κ1) is 24.0. The average Bonchev–Trinajstić information content (AvgIpc) is 2.80. The van der Waals surface area contributed by atoms with Gasteiger partial charge in [0.15, 0.2) is 5.76 Å². The summed E-state index contributed by atoms with van der Waals surface area (Å²) in [4.78, 5) is 10.9. The van der Waals surface area contributed by atoms with E-state index in [-0.39, 0.29) is 5.02 Å².